The summed E-state index contributed by atoms with van der Waals surface area (Å²) >= 11 is 0. The van der Waals surface area contributed by atoms with Gasteiger partial charge in [0.15, 0.2) is 5.76 Å². The first-order chi connectivity index (χ1) is 8.81. The van der Waals surface area contributed by atoms with Crippen molar-refractivity contribution in [2.24, 2.45) is 11.5 Å². The molecule has 1 aromatic rings. The Kier molecular flexibility index (Phi) is 4.24. The fourth-order valence-corrected chi connectivity index (χ4v) is 1.29. The molecule has 19 heavy (non-hydrogen) atoms. The van der Waals surface area contributed by atoms with Gasteiger partial charge in [0.05, 0.1) is 5.56 Å². The minimum absolute atomic E-state index is 0.235. The molecule has 0 bridgehead atoms. The van der Waals surface area contributed by atoms with Crippen LogP contribution in [0, 0.1) is 0 Å². The number of amides is 3. The summed E-state index contributed by atoms with van der Waals surface area (Å²) in [5, 5.41) is 8.68. The summed E-state index contributed by atoms with van der Waals surface area (Å²) in [6.07, 6.45) is 0.863. The fraction of sp³-hybridized carbons (Fsp3) is 0.200. The average Bonchev–Trinajstić information content (AvgIpc) is 2.75. The van der Waals surface area contributed by atoms with Gasteiger partial charge in [0.1, 0.15) is 19.4 Å². The highest BCUT2D eigenvalue weighted by atomic mass is 16.4. The Labute approximate surface area is 106 Å². The summed E-state index contributed by atoms with van der Waals surface area (Å²) < 4.78 is 4.76. The first-order valence-electron chi connectivity index (χ1n) is 4.99. The van der Waals surface area contributed by atoms with Crippen LogP contribution in [-0.4, -0.2) is 46.8 Å². The molecule has 1 rings (SSSR count). The first kappa shape index (κ1) is 14.2. The van der Waals surface area contributed by atoms with E-state index in [1.165, 1.54) is 0 Å². The maximum atomic E-state index is 11.9. The number of nitrogens with zero attached hydrogens (tertiary/aromatic N) is 1. The highest BCUT2D eigenvalue weighted by Gasteiger charge is 2.23. The van der Waals surface area contributed by atoms with Gasteiger partial charge in [-0.3, -0.25) is 14.4 Å². The highest BCUT2D eigenvalue weighted by molar-refractivity contribution is 5.98. The lowest BCUT2D eigenvalue weighted by Crippen LogP contribution is -2.43. The van der Waals surface area contributed by atoms with E-state index in [2.05, 4.69) is 0 Å². The van der Waals surface area contributed by atoms with Crippen LogP contribution >= 0.6 is 0 Å². The van der Waals surface area contributed by atoms with Gasteiger partial charge in [-0.25, -0.2) is 4.79 Å². The molecule has 0 fully saturated rings. The van der Waals surface area contributed by atoms with Crippen LogP contribution in [0.5, 0.6) is 0 Å². The van der Waals surface area contributed by atoms with E-state index in [0.29, 0.717) is 0 Å². The van der Waals surface area contributed by atoms with Crippen LogP contribution in [0.1, 0.15) is 20.9 Å². The van der Waals surface area contributed by atoms with Crippen molar-refractivity contribution >= 4 is 23.7 Å². The van der Waals surface area contributed by atoms with Crippen molar-refractivity contribution in [1.82, 2.24) is 4.90 Å². The van der Waals surface area contributed by atoms with Gasteiger partial charge in [-0.2, -0.15) is 0 Å². The molecule has 1 aromatic heterocycles. The van der Waals surface area contributed by atoms with E-state index >= 15 is 0 Å². The van der Waals surface area contributed by atoms with Gasteiger partial charge in [-0.15, -0.1) is 0 Å². The van der Waals surface area contributed by atoms with Gasteiger partial charge in [0.25, 0.3) is 5.91 Å². The molecule has 0 atom stereocenters. The maximum Gasteiger partial charge on any atom is 0.338 e. The number of hydrogen-bond donors (Lipinski definition) is 3. The lowest BCUT2D eigenvalue weighted by Gasteiger charge is -2.17. The molecule has 0 spiro atoms. The number of rotatable bonds is 6. The van der Waals surface area contributed by atoms with Gasteiger partial charge in [-0.05, 0) is 0 Å². The monoisotopic (exact) mass is 269 g/mol. The molecule has 9 nitrogen and oxygen atoms in total. The minimum atomic E-state index is -1.28. The molecule has 0 saturated carbocycles. The van der Waals surface area contributed by atoms with Crippen molar-refractivity contribution in [3.8, 4) is 0 Å². The summed E-state index contributed by atoms with van der Waals surface area (Å²) in [5.74, 6) is -4.16. The van der Waals surface area contributed by atoms with Crippen molar-refractivity contribution in [2.45, 2.75) is 0 Å². The van der Waals surface area contributed by atoms with Crippen LogP contribution in [0.15, 0.2) is 16.7 Å². The quantitative estimate of drug-likeness (QED) is 0.563. The number of carbonyl (C=O) groups excluding carboxylic acids is 3. The van der Waals surface area contributed by atoms with Crippen LogP contribution in [0.3, 0.4) is 0 Å². The normalized spacial score (nSPS) is 9.89. The number of carboxylic acid groups (broad SMARTS) is 1. The molecule has 9 heteroatoms. The third kappa shape index (κ3) is 3.84. The van der Waals surface area contributed by atoms with Gasteiger partial charge < -0.3 is 25.9 Å². The molecule has 5 N–H and O–H groups in total. The van der Waals surface area contributed by atoms with Crippen LogP contribution in [0.25, 0.3) is 0 Å². The summed E-state index contributed by atoms with van der Waals surface area (Å²) in [5.41, 5.74) is 9.62. The lowest BCUT2D eigenvalue weighted by atomic mass is 10.3. The molecule has 0 saturated heterocycles. The number of furan rings is 1. The first-order valence-corrected chi connectivity index (χ1v) is 4.99. The molecule has 1 heterocycles. The van der Waals surface area contributed by atoms with Crippen LogP contribution in [-0.2, 0) is 9.59 Å². The average molecular weight is 269 g/mol. The Morgan fingerprint density at radius 2 is 1.68 bits per heavy atom. The summed E-state index contributed by atoms with van der Waals surface area (Å²) in [6.45, 7) is -1.07. The maximum absolute atomic E-state index is 11.9. The van der Waals surface area contributed by atoms with Gasteiger partial charge in [0.2, 0.25) is 11.8 Å². The zero-order valence-corrected chi connectivity index (χ0v) is 9.66. The molecule has 0 aliphatic rings. The predicted octanol–water partition coefficient (Wildman–Crippen LogP) is -1.61. The topological polar surface area (TPSA) is 157 Å². The second-order valence-corrected chi connectivity index (χ2v) is 3.60. The number of aromatic carboxylic acids is 1. The molecule has 0 aliphatic carbocycles. The summed E-state index contributed by atoms with van der Waals surface area (Å²) in [4.78, 5) is 44.8. The number of hydrogen-bond acceptors (Lipinski definition) is 5. The van der Waals surface area contributed by atoms with Crippen molar-refractivity contribution in [1.29, 1.82) is 0 Å². The van der Waals surface area contributed by atoms with E-state index in [0.717, 1.165) is 17.2 Å². The molecule has 0 radical (unpaired) electrons. The Morgan fingerprint density at radius 1 is 1.16 bits per heavy atom. The molecule has 102 valence electrons. The van der Waals surface area contributed by atoms with Gasteiger partial charge >= 0.3 is 5.97 Å². The molecular weight excluding hydrogens is 258 g/mol. The van der Waals surface area contributed by atoms with Crippen molar-refractivity contribution < 1.29 is 28.7 Å². The van der Waals surface area contributed by atoms with Crippen molar-refractivity contribution in [2.75, 3.05) is 13.1 Å². The van der Waals surface area contributed by atoms with Gasteiger partial charge in [0, 0.05) is 6.07 Å². The standard InChI is InChI=1S/C10H11N3O6/c11-7(14)2-13(3-8(12)15)9(16)6-1-5(4-19-6)10(17)18/h1,4H,2-3H2,(H2,11,14)(H2,12,15)(H,17,18). The van der Waals surface area contributed by atoms with E-state index in [-0.39, 0.29) is 11.3 Å². The molecule has 0 unspecified atom stereocenters. The number of primary amides is 2. The fourth-order valence-electron chi connectivity index (χ4n) is 1.29. The van der Waals surface area contributed by atoms with E-state index in [9.17, 15) is 19.2 Å². The molecular formula is C10H11N3O6. The Hall–Kier alpha value is -2.84. The van der Waals surface area contributed by atoms with Crippen molar-refractivity contribution in [3.05, 3.63) is 23.7 Å². The zero-order valence-electron chi connectivity index (χ0n) is 9.66. The van der Waals surface area contributed by atoms with Crippen LogP contribution in [0.2, 0.25) is 0 Å². The largest absolute Gasteiger partial charge is 0.478 e. The third-order valence-corrected chi connectivity index (χ3v) is 2.04. The van der Waals surface area contributed by atoms with Gasteiger partial charge in [-0.1, -0.05) is 0 Å². The molecule has 0 aromatic carbocycles. The predicted molar refractivity (Wildman–Crippen MR) is 60.0 cm³/mol. The Balaban J connectivity index is 2.93. The lowest BCUT2D eigenvalue weighted by molar-refractivity contribution is -0.121. The Bertz CT molecular complexity index is 519. The highest BCUT2D eigenvalue weighted by Crippen LogP contribution is 2.10. The number of carboxylic acids is 1. The van der Waals surface area contributed by atoms with Crippen LogP contribution in [0.4, 0.5) is 0 Å². The van der Waals surface area contributed by atoms with Crippen LogP contribution < -0.4 is 11.5 Å². The number of carbonyl (C=O) groups is 4. The smallest absolute Gasteiger partial charge is 0.338 e. The van der Waals surface area contributed by atoms with E-state index in [1.807, 2.05) is 0 Å². The summed E-state index contributed by atoms with van der Waals surface area (Å²) in [7, 11) is 0. The Morgan fingerprint density at radius 3 is 2.05 bits per heavy atom. The second kappa shape index (κ2) is 5.67. The van der Waals surface area contributed by atoms with E-state index in [4.69, 9.17) is 21.0 Å². The van der Waals surface area contributed by atoms with E-state index in [1.54, 1.807) is 0 Å². The molecule has 3 amide bonds. The zero-order chi connectivity index (χ0) is 14.6. The van der Waals surface area contributed by atoms with E-state index < -0.39 is 36.8 Å². The van der Waals surface area contributed by atoms with Crippen molar-refractivity contribution in [3.63, 3.8) is 0 Å². The minimum Gasteiger partial charge on any atom is -0.478 e. The third-order valence-electron chi connectivity index (χ3n) is 2.04. The summed E-state index contributed by atoms with van der Waals surface area (Å²) in [6, 6.07) is 0.972. The molecule has 0 aliphatic heterocycles. The SMILES string of the molecule is NC(=O)CN(CC(N)=O)C(=O)c1cc(C(=O)O)co1. The number of nitrogens with two attached hydrogens (primary N) is 2. The second-order valence-electron chi connectivity index (χ2n) is 3.60.